The molecule has 0 fully saturated rings. The highest BCUT2D eigenvalue weighted by Gasteiger charge is 2.21. The second-order valence-corrected chi connectivity index (χ2v) is 6.47. The average Bonchev–Trinajstić information content (AvgIpc) is 2.16. The Morgan fingerprint density at radius 2 is 2.13 bits per heavy atom. The van der Waals surface area contributed by atoms with Gasteiger partial charge in [-0.15, -0.1) is 0 Å². The second kappa shape index (κ2) is 3.81. The summed E-state index contributed by atoms with van der Waals surface area (Å²) in [6.07, 6.45) is 1.52. The highest BCUT2D eigenvalue weighted by atomic mass is 79.9. The van der Waals surface area contributed by atoms with Crippen LogP contribution < -0.4 is 4.74 Å². The molecule has 1 aromatic rings. The monoisotopic (exact) mass is 308 g/mol. The van der Waals surface area contributed by atoms with Gasteiger partial charge < -0.3 is 4.74 Å². The molecule has 3 nitrogen and oxygen atoms in total. The van der Waals surface area contributed by atoms with Crippen molar-refractivity contribution in [2.45, 2.75) is 0 Å². The van der Waals surface area contributed by atoms with Crippen LogP contribution in [0.5, 0.6) is 5.75 Å². The van der Waals surface area contributed by atoms with Gasteiger partial charge in [-0.2, -0.15) is 0 Å². The Bertz CT molecular complexity index is 536. The molecule has 2 rings (SSSR count). The SMILES string of the molecule is O=S(=O)(Cl)C1=Cc2cccc(Br)c2OC1. The zero-order valence-electron chi connectivity index (χ0n) is 7.41. The van der Waals surface area contributed by atoms with E-state index in [0.29, 0.717) is 11.3 Å². The van der Waals surface area contributed by atoms with Gasteiger partial charge in [0.2, 0.25) is 0 Å². The third kappa shape index (κ3) is 2.19. The fourth-order valence-corrected chi connectivity index (χ4v) is 2.52. The van der Waals surface area contributed by atoms with Crippen LogP contribution in [0.4, 0.5) is 0 Å². The molecule has 1 aromatic carbocycles. The fraction of sp³-hybridized carbons (Fsp3) is 0.111. The molecule has 1 aliphatic heterocycles. The Morgan fingerprint density at radius 1 is 1.40 bits per heavy atom. The Labute approximate surface area is 100 Å². The van der Waals surface area contributed by atoms with Crippen LogP contribution in [0.1, 0.15) is 5.56 Å². The molecule has 6 heteroatoms. The molecule has 0 unspecified atom stereocenters. The van der Waals surface area contributed by atoms with Crippen molar-refractivity contribution in [3.8, 4) is 5.75 Å². The van der Waals surface area contributed by atoms with Crippen LogP contribution in [0.2, 0.25) is 0 Å². The van der Waals surface area contributed by atoms with Crippen molar-refractivity contribution in [3.05, 3.63) is 33.1 Å². The lowest BCUT2D eigenvalue weighted by Crippen LogP contribution is -2.11. The summed E-state index contributed by atoms with van der Waals surface area (Å²) >= 11 is 3.32. The van der Waals surface area contributed by atoms with E-state index in [0.717, 1.165) is 4.47 Å². The summed E-state index contributed by atoms with van der Waals surface area (Å²) in [6, 6.07) is 5.39. The van der Waals surface area contributed by atoms with E-state index in [-0.39, 0.29) is 11.5 Å². The molecule has 0 amide bonds. The van der Waals surface area contributed by atoms with E-state index in [9.17, 15) is 8.42 Å². The van der Waals surface area contributed by atoms with Crippen LogP contribution in [0.3, 0.4) is 0 Å². The predicted molar refractivity (Wildman–Crippen MR) is 62.4 cm³/mol. The third-order valence-corrected chi connectivity index (χ3v) is 4.07. The Kier molecular flexibility index (Phi) is 2.79. The largest absolute Gasteiger partial charge is 0.486 e. The first-order valence-electron chi connectivity index (χ1n) is 4.05. The highest BCUT2D eigenvalue weighted by Crippen LogP contribution is 2.35. The van der Waals surface area contributed by atoms with Gasteiger partial charge in [0, 0.05) is 16.2 Å². The van der Waals surface area contributed by atoms with E-state index in [2.05, 4.69) is 15.9 Å². The first-order valence-corrected chi connectivity index (χ1v) is 7.15. The molecule has 0 N–H and O–H groups in total. The Morgan fingerprint density at radius 3 is 2.80 bits per heavy atom. The van der Waals surface area contributed by atoms with E-state index in [1.807, 2.05) is 6.07 Å². The van der Waals surface area contributed by atoms with Gasteiger partial charge in [0.15, 0.2) is 0 Å². The average molecular weight is 310 g/mol. The minimum atomic E-state index is -3.69. The molecule has 80 valence electrons. The summed E-state index contributed by atoms with van der Waals surface area (Å²) in [7, 11) is 1.54. The van der Waals surface area contributed by atoms with Crippen molar-refractivity contribution in [2.24, 2.45) is 0 Å². The maximum absolute atomic E-state index is 11.1. The van der Waals surface area contributed by atoms with Gasteiger partial charge in [-0.3, -0.25) is 0 Å². The smallest absolute Gasteiger partial charge is 0.260 e. The summed E-state index contributed by atoms with van der Waals surface area (Å²) in [5.74, 6) is 0.640. The van der Waals surface area contributed by atoms with Crippen LogP contribution in [0, 0.1) is 0 Å². The number of hydrogen-bond acceptors (Lipinski definition) is 3. The summed E-state index contributed by atoms with van der Waals surface area (Å²) in [6.45, 7) is -0.0263. The number of ether oxygens (including phenoxy) is 1. The lowest BCUT2D eigenvalue weighted by Gasteiger charge is -2.17. The van der Waals surface area contributed by atoms with Gasteiger partial charge >= 0.3 is 0 Å². The number of benzene rings is 1. The van der Waals surface area contributed by atoms with Crippen molar-refractivity contribution in [2.75, 3.05) is 6.61 Å². The normalized spacial score (nSPS) is 15.2. The van der Waals surface area contributed by atoms with E-state index >= 15 is 0 Å². The number of fused-ring (bicyclic) bond motifs is 1. The lowest BCUT2D eigenvalue weighted by molar-refractivity contribution is 0.351. The molecule has 0 saturated carbocycles. The quantitative estimate of drug-likeness (QED) is 0.749. The van der Waals surface area contributed by atoms with Crippen LogP contribution in [0.25, 0.3) is 6.08 Å². The number of rotatable bonds is 1. The Hall–Kier alpha value is -0.520. The molecule has 0 bridgehead atoms. The van der Waals surface area contributed by atoms with Gasteiger partial charge in [-0.25, -0.2) is 8.42 Å². The maximum atomic E-state index is 11.1. The van der Waals surface area contributed by atoms with Gasteiger partial charge in [0.05, 0.1) is 9.38 Å². The highest BCUT2D eigenvalue weighted by molar-refractivity contribution is 9.10. The zero-order valence-corrected chi connectivity index (χ0v) is 10.6. The molecule has 0 radical (unpaired) electrons. The molecular weight excluding hydrogens is 304 g/mol. The molecule has 15 heavy (non-hydrogen) atoms. The lowest BCUT2D eigenvalue weighted by atomic mass is 10.1. The van der Waals surface area contributed by atoms with Crippen LogP contribution >= 0.6 is 26.6 Å². The molecule has 0 saturated heterocycles. The second-order valence-electron chi connectivity index (χ2n) is 3.00. The zero-order chi connectivity index (χ0) is 11.1. The van der Waals surface area contributed by atoms with Crippen molar-refractivity contribution in [1.29, 1.82) is 0 Å². The van der Waals surface area contributed by atoms with Crippen molar-refractivity contribution >= 4 is 41.7 Å². The molecule has 0 atom stereocenters. The minimum Gasteiger partial charge on any atom is -0.486 e. The van der Waals surface area contributed by atoms with Gasteiger partial charge in [-0.05, 0) is 28.1 Å². The first kappa shape index (κ1) is 11.0. The van der Waals surface area contributed by atoms with Crippen LogP contribution in [-0.2, 0) is 9.05 Å². The fourth-order valence-electron chi connectivity index (χ4n) is 1.29. The molecule has 0 spiro atoms. The molecule has 0 aliphatic carbocycles. The number of para-hydroxylation sites is 1. The predicted octanol–water partition coefficient (Wildman–Crippen LogP) is 2.75. The summed E-state index contributed by atoms with van der Waals surface area (Å²) < 4.78 is 28.3. The first-order chi connectivity index (χ1) is 6.98. The van der Waals surface area contributed by atoms with Crippen LogP contribution in [0.15, 0.2) is 27.6 Å². The molecule has 0 aromatic heterocycles. The van der Waals surface area contributed by atoms with Gasteiger partial charge in [0.25, 0.3) is 9.05 Å². The molecular formula is C9H6BrClO3S. The van der Waals surface area contributed by atoms with E-state index < -0.39 is 9.05 Å². The summed E-state index contributed by atoms with van der Waals surface area (Å²) in [4.78, 5) is 0.0785. The van der Waals surface area contributed by atoms with Crippen LogP contribution in [-0.4, -0.2) is 15.0 Å². The van der Waals surface area contributed by atoms with Gasteiger partial charge in [0.1, 0.15) is 12.4 Å². The maximum Gasteiger partial charge on any atom is 0.260 e. The Balaban J connectivity index is 2.56. The third-order valence-electron chi connectivity index (χ3n) is 1.99. The summed E-state index contributed by atoms with van der Waals surface area (Å²) in [5, 5.41) is 0. The van der Waals surface area contributed by atoms with E-state index in [4.69, 9.17) is 15.4 Å². The van der Waals surface area contributed by atoms with Crippen molar-refractivity contribution in [3.63, 3.8) is 0 Å². The van der Waals surface area contributed by atoms with E-state index in [1.54, 1.807) is 12.1 Å². The summed E-state index contributed by atoms with van der Waals surface area (Å²) in [5.41, 5.74) is 0.704. The number of hydrogen-bond donors (Lipinski definition) is 0. The van der Waals surface area contributed by atoms with Gasteiger partial charge in [-0.1, -0.05) is 12.1 Å². The minimum absolute atomic E-state index is 0.0263. The van der Waals surface area contributed by atoms with Crippen molar-refractivity contribution in [1.82, 2.24) is 0 Å². The molecule has 1 aliphatic rings. The topological polar surface area (TPSA) is 43.4 Å². The van der Waals surface area contributed by atoms with E-state index in [1.165, 1.54) is 6.08 Å². The standard InChI is InChI=1S/C9H6BrClO3S/c10-8-3-1-2-6-4-7(15(11,12)13)5-14-9(6)8/h1-4H,5H2. The molecule has 1 heterocycles. The van der Waals surface area contributed by atoms with Crippen molar-refractivity contribution < 1.29 is 13.2 Å². The number of halogens is 2.